The number of aromatic nitrogens is 2. The molecule has 17 heavy (non-hydrogen) atoms. The first-order valence-electron chi connectivity index (χ1n) is 4.56. The van der Waals surface area contributed by atoms with Gasteiger partial charge >= 0.3 is 0 Å². The van der Waals surface area contributed by atoms with Crippen molar-refractivity contribution in [3.8, 4) is 5.75 Å². The van der Waals surface area contributed by atoms with E-state index in [1.807, 2.05) is 0 Å². The second kappa shape index (κ2) is 5.26. The van der Waals surface area contributed by atoms with E-state index in [0.717, 1.165) is 11.5 Å². The van der Waals surface area contributed by atoms with Gasteiger partial charge in [-0.3, -0.25) is 0 Å². The fraction of sp³-hybridized carbons (Fsp3) is 0.111. The van der Waals surface area contributed by atoms with E-state index in [2.05, 4.69) is 15.0 Å². The summed E-state index contributed by atoms with van der Waals surface area (Å²) in [5.41, 5.74) is 3.04. The van der Waals surface area contributed by atoms with Gasteiger partial charge in [-0.1, -0.05) is 16.1 Å². The van der Waals surface area contributed by atoms with Crippen molar-refractivity contribution < 1.29 is 9.13 Å². The molecule has 3 N–H and O–H groups in total. The highest BCUT2D eigenvalue weighted by atomic mass is 35.5. The van der Waals surface area contributed by atoms with E-state index in [-0.39, 0.29) is 11.6 Å². The van der Waals surface area contributed by atoms with Crippen LogP contribution in [-0.4, -0.2) is 9.59 Å². The zero-order valence-electron chi connectivity index (χ0n) is 8.48. The molecule has 90 valence electrons. The zero-order valence-corrected chi connectivity index (χ0v) is 10.1. The van der Waals surface area contributed by atoms with E-state index < -0.39 is 5.82 Å². The van der Waals surface area contributed by atoms with E-state index >= 15 is 0 Å². The highest BCUT2D eigenvalue weighted by Gasteiger charge is 2.08. The number of anilines is 1. The molecule has 0 atom stereocenters. The Morgan fingerprint density at radius 3 is 3.06 bits per heavy atom. The maximum atomic E-state index is 12.9. The number of nitrogens with one attached hydrogen (secondary N) is 1. The van der Waals surface area contributed by atoms with Gasteiger partial charge < -0.3 is 10.2 Å². The first-order chi connectivity index (χ1) is 8.20. The molecule has 0 spiro atoms. The Balaban J connectivity index is 2.05. The maximum Gasteiger partial charge on any atom is 0.150 e. The minimum Gasteiger partial charge on any atom is -0.487 e. The van der Waals surface area contributed by atoms with Crippen LogP contribution in [0.3, 0.4) is 0 Å². The van der Waals surface area contributed by atoms with Crippen molar-refractivity contribution in [2.24, 2.45) is 5.84 Å². The number of hydrazine groups is 1. The Kier molecular flexibility index (Phi) is 3.72. The van der Waals surface area contributed by atoms with Crippen molar-refractivity contribution in [2.45, 2.75) is 6.61 Å². The van der Waals surface area contributed by atoms with Gasteiger partial charge in [0, 0.05) is 17.6 Å². The van der Waals surface area contributed by atoms with Gasteiger partial charge in [0.15, 0.2) is 5.00 Å². The predicted octanol–water partition coefficient (Wildman–Crippen LogP) is 2.20. The fourth-order valence-corrected chi connectivity index (χ4v) is 1.78. The highest BCUT2D eigenvalue weighted by Crippen LogP contribution is 2.23. The first-order valence-corrected chi connectivity index (χ1v) is 5.71. The van der Waals surface area contributed by atoms with E-state index in [9.17, 15) is 4.39 Å². The molecule has 0 fully saturated rings. The molecule has 8 heteroatoms. The smallest absolute Gasteiger partial charge is 0.150 e. The summed E-state index contributed by atoms with van der Waals surface area (Å²) in [5.74, 6) is 5.23. The molecule has 2 rings (SSSR count). The molecule has 0 saturated heterocycles. The van der Waals surface area contributed by atoms with Gasteiger partial charge in [-0.05, 0) is 12.1 Å². The van der Waals surface area contributed by atoms with Gasteiger partial charge in [0.1, 0.15) is 23.9 Å². The summed E-state index contributed by atoms with van der Waals surface area (Å²) in [6.07, 6.45) is 0. The Hall–Kier alpha value is -1.44. The number of hydrogen-bond acceptors (Lipinski definition) is 6. The number of rotatable bonds is 4. The quantitative estimate of drug-likeness (QED) is 0.660. The normalized spacial score (nSPS) is 10.3. The van der Waals surface area contributed by atoms with Crippen LogP contribution in [-0.2, 0) is 6.61 Å². The molecule has 0 aliphatic rings. The number of nitrogens with zero attached hydrogens (tertiary/aromatic N) is 2. The lowest BCUT2D eigenvalue weighted by Crippen LogP contribution is -2.08. The summed E-state index contributed by atoms with van der Waals surface area (Å²) < 4.78 is 22.0. The van der Waals surface area contributed by atoms with E-state index in [4.69, 9.17) is 22.2 Å². The number of hydrogen-bond donors (Lipinski definition) is 2. The van der Waals surface area contributed by atoms with Crippen LogP contribution in [0.1, 0.15) is 5.69 Å². The molecule has 0 amide bonds. The molecule has 0 aliphatic carbocycles. The van der Waals surface area contributed by atoms with Gasteiger partial charge in [-0.25, -0.2) is 10.2 Å². The van der Waals surface area contributed by atoms with Crippen LogP contribution >= 0.6 is 23.1 Å². The molecular weight excluding hydrogens is 267 g/mol. The van der Waals surface area contributed by atoms with E-state index in [0.29, 0.717) is 16.4 Å². The SMILES string of the molecule is NNc1snnc1COc1ccc(F)c(Cl)c1. The first kappa shape index (κ1) is 12.0. The third-order valence-electron chi connectivity index (χ3n) is 1.95. The molecular formula is C9H8ClFN4OS. The van der Waals surface area contributed by atoms with Crippen molar-refractivity contribution in [2.75, 3.05) is 5.43 Å². The Bertz CT molecular complexity index is 521. The molecule has 2 aromatic rings. The maximum absolute atomic E-state index is 12.9. The van der Waals surface area contributed by atoms with Crippen LogP contribution in [0.5, 0.6) is 5.75 Å². The van der Waals surface area contributed by atoms with Crippen molar-refractivity contribution >= 4 is 28.1 Å². The summed E-state index contributed by atoms with van der Waals surface area (Å²) in [5, 5.41) is 4.47. The van der Waals surface area contributed by atoms with Crippen LogP contribution in [0, 0.1) is 5.82 Å². The number of nitrogen functional groups attached to an aromatic ring is 1. The molecule has 0 bridgehead atoms. The standard InChI is InChI=1S/C9H8ClFN4OS/c10-6-3-5(1-2-7(6)11)16-4-8-9(13-12)17-15-14-8/h1-3,13H,4,12H2. The highest BCUT2D eigenvalue weighted by molar-refractivity contribution is 7.10. The monoisotopic (exact) mass is 274 g/mol. The Morgan fingerprint density at radius 1 is 1.53 bits per heavy atom. The molecule has 0 radical (unpaired) electrons. The van der Waals surface area contributed by atoms with Gasteiger partial charge in [0.25, 0.3) is 0 Å². The average molecular weight is 275 g/mol. The van der Waals surface area contributed by atoms with Gasteiger partial charge in [0.2, 0.25) is 0 Å². The average Bonchev–Trinajstić information content (AvgIpc) is 2.78. The summed E-state index contributed by atoms with van der Waals surface area (Å²) in [4.78, 5) is 0. The largest absolute Gasteiger partial charge is 0.487 e. The lowest BCUT2D eigenvalue weighted by Gasteiger charge is -2.05. The van der Waals surface area contributed by atoms with Crippen molar-refractivity contribution in [3.63, 3.8) is 0 Å². The van der Waals surface area contributed by atoms with Crippen LogP contribution in [0.25, 0.3) is 0 Å². The lowest BCUT2D eigenvalue weighted by molar-refractivity contribution is 0.301. The molecule has 1 aromatic heterocycles. The molecule has 1 heterocycles. The molecule has 0 unspecified atom stereocenters. The summed E-state index contributed by atoms with van der Waals surface area (Å²) in [7, 11) is 0. The molecule has 0 saturated carbocycles. The minimum absolute atomic E-state index is 0.0103. The summed E-state index contributed by atoms with van der Waals surface area (Å²) in [6, 6.07) is 4.11. The minimum atomic E-state index is -0.487. The third kappa shape index (κ3) is 2.82. The number of halogens is 2. The van der Waals surface area contributed by atoms with E-state index in [1.54, 1.807) is 0 Å². The van der Waals surface area contributed by atoms with Crippen molar-refractivity contribution in [1.29, 1.82) is 0 Å². The summed E-state index contributed by atoms with van der Waals surface area (Å²) in [6.45, 7) is 0.179. The number of ether oxygens (including phenoxy) is 1. The lowest BCUT2D eigenvalue weighted by atomic mass is 10.3. The Morgan fingerprint density at radius 2 is 2.35 bits per heavy atom. The van der Waals surface area contributed by atoms with Crippen molar-refractivity contribution in [1.82, 2.24) is 9.59 Å². The van der Waals surface area contributed by atoms with Crippen LogP contribution in [0.4, 0.5) is 9.39 Å². The van der Waals surface area contributed by atoms with Gasteiger partial charge in [-0.15, -0.1) is 5.10 Å². The van der Waals surface area contributed by atoms with Gasteiger partial charge in [-0.2, -0.15) is 0 Å². The predicted molar refractivity (Wildman–Crippen MR) is 63.5 cm³/mol. The second-order valence-electron chi connectivity index (χ2n) is 3.06. The fourth-order valence-electron chi connectivity index (χ4n) is 1.13. The summed E-state index contributed by atoms with van der Waals surface area (Å²) >= 11 is 6.75. The van der Waals surface area contributed by atoms with E-state index in [1.165, 1.54) is 18.2 Å². The zero-order chi connectivity index (χ0) is 12.3. The van der Waals surface area contributed by atoms with Crippen molar-refractivity contribution in [3.05, 3.63) is 34.7 Å². The topological polar surface area (TPSA) is 73.1 Å². The third-order valence-corrected chi connectivity index (χ3v) is 2.94. The molecule has 0 aliphatic heterocycles. The number of nitrogens with two attached hydrogens (primary N) is 1. The molecule has 1 aromatic carbocycles. The number of benzene rings is 1. The van der Waals surface area contributed by atoms with Gasteiger partial charge in [0.05, 0.1) is 5.02 Å². The van der Waals surface area contributed by atoms with Crippen LogP contribution < -0.4 is 16.0 Å². The second-order valence-corrected chi connectivity index (χ2v) is 4.22. The van der Waals surface area contributed by atoms with Crippen LogP contribution in [0.2, 0.25) is 5.02 Å². The Labute approximate surface area is 105 Å². The van der Waals surface area contributed by atoms with Crippen LogP contribution in [0.15, 0.2) is 18.2 Å². The molecule has 5 nitrogen and oxygen atoms in total.